The van der Waals surface area contributed by atoms with Crippen molar-refractivity contribution in [2.24, 2.45) is 5.92 Å². The van der Waals surface area contributed by atoms with E-state index in [-0.39, 0.29) is 0 Å². The molecule has 0 atom stereocenters. The van der Waals surface area contributed by atoms with E-state index in [0.29, 0.717) is 5.92 Å². The molecule has 15 heavy (non-hydrogen) atoms. The van der Waals surface area contributed by atoms with E-state index < -0.39 is 0 Å². The van der Waals surface area contributed by atoms with Gasteiger partial charge in [-0.3, -0.25) is 0 Å². The summed E-state index contributed by atoms with van der Waals surface area (Å²) in [5.74, 6) is 0.623. The Bertz CT molecular complexity index is 435. The predicted molar refractivity (Wildman–Crippen MR) is 71.7 cm³/mol. The van der Waals surface area contributed by atoms with E-state index in [4.69, 9.17) is 0 Å². The first-order valence-corrected chi connectivity index (χ1v) is 6.58. The molecular formula is C14H22S. The minimum absolute atomic E-state index is 0.623. The van der Waals surface area contributed by atoms with Gasteiger partial charge in [-0.15, -0.1) is 11.3 Å². The molecule has 0 radical (unpaired) electrons. The standard InChI is InChI=1S/C14H22S/c1-7-8-13-11(5)12(6)14(15-13)10(4)9(2)3/h9H,6-8H2,1-5H3/b14-10+. The van der Waals surface area contributed by atoms with E-state index in [1.54, 1.807) is 0 Å². The second kappa shape index (κ2) is 4.98. The van der Waals surface area contributed by atoms with Crippen LogP contribution in [-0.2, 0) is 6.42 Å². The van der Waals surface area contributed by atoms with Crippen LogP contribution in [-0.4, -0.2) is 0 Å². The molecule has 0 fully saturated rings. The third kappa shape index (κ3) is 2.52. The Labute approximate surface area is 97.3 Å². The lowest BCUT2D eigenvalue weighted by Crippen LogP contribution is -2.22. The van der Waals surface area contributed by atoms with E-state index in [2.05, 4.69) is 41.2 Å². The van der Waals surface area contributed by atoms with Crippen LogP contribution in [0.25, 0.3) is 12.2 Å². The Kier molecular flexibility index (Phi) is 4.15. The van der Waals surface area contributed by atoms with Crippen molar-refractivity contribution in [3.05, 3.63) is 20.2 Å². The molecule has 84 valence electrons. The Balaban J connectivity index is 3.40. The number of thiophene rings is 1. The minimum atomic E-state index is 0.623. The van der Waals surface area contributed by atoms with Crippen LogP contribution in [0.3, 0.4) is 0 Å². The van der Waals surface area contributed by atoms with Crippen LogP contribution in [0, 0.1) is 12.8 Å². The molecule has 0 aliphatic heterocycles. The third-order valence-electron chi connectivity index (χ3n) is 3.07. The lowest BCUT2D eigenvalue weighted by atomic mass is 10.0. The zero-order chi connectivity index (χ0) is 11.6. The van der Waals surface area contributed by atoms with Crippen LogP contribution in [0.15, 0.2) is 0 Å². The lowest BCUT2D eigenvalue weighted by Gasteiger charge is -2.02. The summed E-state index contributed by atoms with van der Waals surface area (Å²) in [5, 5.41) is 1.26. The van der Waals surface area contributed by atoms with Crippen molar-refractivity contribution in [2.45, 2.75) is 47.5 Å². The Morgan fingerprint density at radius 3 is 2.47 bits per heavy atom. The van der Waals surface area contributed by atoms with Crippen LogP contribution in [0.4, 0.5) is 0 Å². The van der Waals surface area contributed by atoms with Crippen LogP contribution in [0.1, 0.15) is 44.6 Å². The maximum Gasteiger partial charge on any atom is 0.0334 e. The van der Waals surface area contributed by atoms with Crippen LogP contribution >= 0.6 is 11.3 Å². The van der Waals surface area contributed by atoms with Crippen molar-refractivity contribution in [3.63, 3.8) is 0 Å². The molecule has 0 N–H and O–H groups in total. The number of aryl methyl sites for hydroxylation is 1. The Hall–Kier alpha value is -0.560. The van der Waals surface area contributed by atoms with Gasteiger partial charge in [-0.25, -0.2) is 0 Å². The van der Waals surface area contributed by atoms with Crippen molar-refractivity contribution < 1.29 is 0 Å². The average Bonchev–Trinajstić information content (AvgIpc) is 2.45. The van der Waals surface area contributed by atoms with E-state index >= 15 is 0 Å². The van der Waals surface area contributed by atoms with Crippen LogP contribution in [0.2, 0.25) is 0 Å². The van der Waals surface area contributed by atoms with Gasteiger partial charge >= 0.3 is 0 Å². The summed E-state index contributed by atoms with van der Waals surface area (Å²) in [4.78, 5) is 1.53. The van der Waals surface area contributed by atoms with E-state index in [0.717, 1.165) is 0 Å². The minimum Gasteiger partial charge on any atom is -0.140 e. The average molecular weight is 222 g/mol. The molecule has 1 heteroatoms. The molecule has 0 saturated heterocycles. The molecule has 0 aliphatic carbocycles. The molecule has 0 aromatic carbocycles. The molecule has 1 aromatic rings. The molecule has 0 nitrogen and oxygen atoms in total. The van der Waals surface area contributed by atoms with Gasteiger partial charge in [0.2, 0.25) is 0 Å². The first-order chi connectivity index (χ1) is 6.99. The molecule has 1 rings (SSSR count). The quantitative estimate of drug-likeness (QED) is 0.736. The summed E-state index contributed by atoms with van der Waals surface area (Å²) in [7, 11) is 0. The normalized spacial score (nSPS) is 13.5. The highest BCUT2D eigenvalue weighted by Gasteiger charge is 2.06. The SMILES string of the molecule is C=c1c(C)c(CCC)s/c1=C(\C)C(C)C. The first-order valence-electron chi connectivity index (χ1n) is 5.77. The summed E-state index contributed by atoms with van der Waals surface area (Å²) in [6, 6.07) is 0. The van der Waals surface area contributed by atoms with Gasteiger partial charge in [-0.1, -0.05) is 39.3 Å². The zero-order valence-electron chi connectivity index (χ0n) is 10.6. The molecule has 0 aliphatic rings. The fourth-order valence-electron chi connectivity index (χ4n) is 1.65. The molecular weight excluding hydrogens is 200 g/mol. The van der Waals surface area contributed by atoms with Crippen molar-refractivity contribution in [3.8, 4) is 0 Å². The van der Waals surface area contributed by atoms with Gasteiger partial charge in [0.05, 0.1) is 0 Å². The Morgan fingerprint density at radius 2 is 2.00 bits per heavy atom. The second-order valence-corrected chi connectivity index (χ2v) is 5.65. The summed E-state index contributed by atoms with van der Waals surface area (Å²) in [6.45, 7) is 15.4. The fourth-order valence-corrected chi connectivity index (χ4v) is 3.15. The molecule has 1 aromatic heterocycles. The second-order valence-electron chi connectivity index (χ2n) is 4.55. The molecule has 0 unspecified atom stereocenters. The summed E-state index contributed by atoms with van der Waals surface area (Å²) in [6.07, 6.45) is 2.42. The summed E-state index contributed by atoms with van der Waals surface area (Å²) < 4.78 is 1.42. The zero-order valence-corrected chi connectivity index (χ0v) is 11.4. The highest BCUT2D eigenvalue weighted by Crippen LogP contribution is 2.13. The maximum absolute atomic E-state index is 4.22. The maximum atomic E-state index is 4.22. The summed E-state index contributed by atoms with van der Waals surface area (Å²) >= 11 is 1.95. The van der Waals surface area contributed by atoms with Crippen molar-refractivity contribution >= 4 is 23.5 Å². The monoisotopic (exact) mass is 222 g/mol. The van der Waals surface area contributed by atoms with E-state index in [1.807, 2.05) is 11.3 Å². The van der Waals surface area contributed by atoms with Gasteiger partial charge in [0.25, 0.3) is 0 Å². The number of hydrogen-bond donors (Lipinski definition) is 0. The van der Waals surface area contributed by atoms with E-state index in [1.165, 1.54) is 38.6 Å². The van der Waals surface area contributed by atoms with Crippen LogP contribution < -0.4 is 9.75 Å². The Morgan fingerprint density at radius 1 is 1.40 bits per heavy atom. The van der Waals surface area contributed by atoms with Crippen molar-refractivity contribution in [1.29, 1.82) is 0 Å². The largest absolute Gasteiger partial charge is 0.140 e. The lowest BCUT2D eigenvalue weighted by molar-refractivity contribution is 0.843. The van der Waals surface area contributed by atoms with Gasteiger partial charge in [0.15, 0.2) is 0 Å². The van der Waals surface area contributed by atoms with Crippen molar-refractivity contribution in [1.82, 2.24) is 0 Å². The van der Waals surface area contributed by atoms with Crippen LogP contribution in [0.5, 0.6) is 0 Å². The van der Waals surface area contributed by atoms with Gasteiger partial charge in [-0.05, 0) is 37.0 Å². The molecule has 0 spiro atoms. The predicted octanol–water partition coefficient (Wildman–Crippen LogP) is 3.25. The highest BCUT2D eigenvalue weighted by atomic mass is 32.1. The van der Waals surface area contributed by atoms with E-state index in [9.17, 15) is 0 Å². The first kappa shape index (κ1) is 12.5. The van der Waals surface area contributed by atoms with Gasteiger partial charge in [0.1, 0.15) is 0 Å². The topological polar surface area (TPSA) is 0 Å². The van der Waals surface area contributed by atoms with Crippen molar-refractivity contribution in [2.75, 3.05) is 0 Å². The molecule has 0 amide bonds. The summed E-state index contributed by atoms with van der Waals surface area (Å²) in [5.41, 5.74) is 2.90. The highest BCUT2D eigenvalue weighted by molar-refractivity contribution is 7.10. The van der Waals surface area contributed by atoms with Gasteiger partial charge in [-0.2, -0.15) is 0 Å². The molecule has 1 heterocycles. The molecule has 0 bridgehead atoms. The van der Waals surface area contributed by atoms with Gasteiger partial charge in [0, 0.05) is 9.41 Å². The third-order valence-corrected chi connectivity index (χ3v) is 4.60. The van der Waals surface area contributed by atoms with Gasteiger partial charge < -0.3 is 0 Å². The molecule has 0 saturated carbocycles. The number of hydrogen-bond acceptors (Lipinski definition) is 1. The fraction of sp³-hybridized carbons (Fsp3) is 0.571. The number of rotatable bonds is 3. The smallest absolute Gasteiger partial charge is 0.0334 e.